The van der Waals surface area contributed by atoms with Crippen molar-refractivity contribution in [2.24, 2.45) is 0 Å². The number of carbonyl (C=O) groups excluding carboxylic acids is 2. The van der Waals surface area contributed by atoms with E-state index in [0.717, 1.165) is 0 Å². The van der Waals surface area contributed by atoms with Gasteiger partial charge in [-0.2, -0.15) is 0 Å². The Morgan fingerprint density at radius 2 is 2.22 bits per heavy atom. The maximum absolute atomic E-state index is 10.9. The molecule has 1 unspecified atom stereocenters. The van der Waals surface area contributed by atoms with Crippen LogP contribution in [0.15, 0.2) is 0 Å². The van der Waals surface area contributed by atoms with Gasteiger partial charge in [-0.05, 0) is 0 Å². The molecule has 0 aromatic rings. The first kappa shape index (κ1) is 7.19. The second kappa shape index (κ2) is 2.36. The summed E-state index contributed by atoms with van der Waals surface area (Å²) in [6, 6.07) is 0. The van der Waals surface area contributed by atoms with Gasteiger partial charge in [0.15, 0.2) is 0 Å². The van der Waals surface area contributed by atoms with Crippen molar-refractivity contribution in [3.63, 3.8) is 0 Å². The fraction of sp³-hybridized carbons (Fsp3) is 0.600. The summed E-state index contributed by atoms with van der Waals surface area (Å²) in [5.74, 6) is 0.0170. The van der Waals surface area contributed by atoms with Crippen LogP contribution in [0.5, 0.6) is 0 Å². The Bertz CT molecular complexity index is 168. The molecule has 1 aliphatic heterocycles. The van der Waals surface area contributed by atoms with Crippen molar-refractivity contribution in [1.29, 1.82) is 0 Å². The van der Waals surface area contributed by atoms with Gasteiger partial charge in [-0.3, -0.25) is 0 Å². The summed E-state index contributed by atoms with van der Waals surface area (Å²) < 4.78 is 0.0995. The van der Waals surface area contributed by atoms with Gasteiger partial charge >= 0.3 is 69.3 Å². The van der Waals surface area contributed by atoms with E-state index in [1.807, 2.05) is 0 Å². The summed E-state index contributed by atoms with van der Waals surface area (Å²) in [6.45, 7) is 0. The second-order valence-corrected chi connectivity index (χ2v) is 6.02. The summed E-state index contributed by atoms with van der Waals surface area (Å²) >= 11 is 0.414. The van der Waals surface area contributed by atoms with Crippen LogP contribution in [0.25, 0.3) is 0 Å². The molecule has 0 radical (unpaired) electrons. The molecule has 3 nitrogen and oxygen atoms in total. The van der Waals surface area contributed by atoms with E-state index in [1.54, 1.807) is 7.05 Å². The van der Waals surface area contributed by atoms with Gasteiger partial charge in [0.1, 0.15) is 0 Å². The van der Waals surface area contributed by atoms with E-state index in [4.69, 9.17) is 0 Å². The summed E-state index contributed by atoms with van der Waals surface area (Å²) in [7, 11) is 1.55. The number of rotatable bonds is 0. The Balaban J connectivity index is 2.77. The van der Waals surface area contributed by atoms with Crippen molar-refractivity contribution in [3.8, 4) is 0 Å². The number of nitrogens with zero attached hydrogens (tertiary/aromatic N) is 1. The number of carbonyl (C=O) groups is 2. The average Bonchev–Trinajstić information content (AvgIpc) is 1.98. The van der Waals surface area contributed by atoms with Gasteiger partial charge in [-0.1, -0.05) is 0 Å². The number of likely N-dealkylation sites (tertiary alicyclic amines) is 1. The van der Waals surface area contributed by atoms with Gasteiger partial charge in [0, 0.05) is 0 Å². The summed E-state index contributed by atoms with van der Waals surface area (Å²) in [6.07, 6.45) is 0.471. The molecule has 4 heteroatoms. The molecule has 1 rings (SSSR count). The van der Waals surface area contributed by atoms with Gasteiger partial charge in [-0.15, -0.1) is 0 Å². The van der Waals surface area contributed by atoms with E-state index in [-0.39, 0.29) is 15.2 Å². The van der Waals surface area contributed by atoms with Crippen molar-refractivity contribution in [3.05, 3.63) is 0 Å². The topological polar surface area (TPSA) is 37.4 Å². The number of hydrogen-bond donors (Lipinski definition) is 0. The van der Waals surface area contributed by atoms with Crippen LogP contribution < -0.4 is 0 Å². The third-order valence-electron chi connectivity index (χ3n) is 1.47. The minimum absolute atomic E-state index is 0.0139. The Morgan fingerprint density at radius 3 is 2.33 bits per heavy atom. The second-order valence-electron chi connectivity index (χ2n) is 2.19. The maximum atomic E-state index is 10.9. The van der Waals surface area contributed by atoms with E-state index >= 15 is 0 Å². The monoisotopic (exact) mass is 314 g/mol. The molecule has 45 valence electrons. The molecule has 0 bridgehead atoms. The molecule has 1 saturated heterocycles. The van der Waals surface area contributed by atoms with E-state index in [9.17, 15) is 9.59 Å². The van der Waals surface area contributed by atoms with Crippen LogP contribution in [0.3, 0.4) is 0 Å². The van der Waals surface area contributed by atoms with Gasteiger partial charge in [0.05, 0.1) is 0 Å². The van der Waals surface area contributed by atoms with Gasteiger partial charge in [-0.25, -0.2) is 0 Å². The molecule has 1 heterocycles. The fourth-order valence-corrected chi connectivity index (χ4v) is 2.86. The summed E-state index contributed by atoms with van der Waals surface area (Å²) in [5.41, 5.74) is 0. The van der Waals surface area contributed by atoms with Crippen molar-refractivity contribution >= 4 is 11.8 Å². The molecule has 9 heavy (non-hydrogen) atoms. The molecule has 0 N–H and O–H groups in total. The van der Waals surface area contributed by atoms with E-state index in [1.165, 1.54) is 4.90 Å². The van der Waals surface area contributed by atoms with E-state index < -0.39 is 0 Å². The summed E-state index contributed by atoms with van der Waals surface area (Å²) in [5, 5.41) is 0. The van der Waals surface area contributed by atoms with Crippen LogP contribution in [0.1, 0.15) is 6.42 Å². The number of hydrogen-bond acceptors (Lipinski definition) is 2. The Kier molecular flexibility index (Phi) is 1.89. The van der Waals surface area contributed by atoms with Crippen molar-refractivity contribution in [2.75, 3.05) is 7.05 Å². The zero-order valence-electron chi connectivity index (χ0n) is 5.26. The predicted molar refractivity (Wildman–Crippen MR) is 26.1 cm³/mol. The van der Waals surface area contributed by atoms with E-state index in [2.05, 4.69) is 0 Å². The Labute approximate surface area is 69.4 Å². The van der Waals surface area contributed by atoms with Gasteiger partial charge in [0.2, 0.25) is 0 Å². The SMILES string of the molecule is CN1C(=O)C[CH]([Hg])C1=O. The van der Waals surface area contributed by atoms with Crippen LogP contribution in [0.2, 0.25) is 3.43 Å². The van der Waals surface area contributed by atoms with Crippen LogP contribution in [0, 0.1) is 0 Å². The van der Waals surface area contributed by atoms with Gasteiger partial charge < -0.3 is 0 Å². The number of imide groups is 1. The zero-order valence-corrected chi connectivity index (χ0v) is 10.8. The average molecular weight is 313 g/mol. The molecule has 1 atom stereocenters. The van der Waals surface area contributed by atoms with Crippen LogP contribution in [0.4, 0.5) is 0 Å². The van der Waals surface area contributed by atoms with Crippen molar-refractivity contribution in [1.82, 2.24) is 4.90 Å². The molecule has 0 aromatic heterocycles. The quantitative estimate of drug-likeness (QED) is 0.455. The Hall–Kier alpha value is 0.0751. The van der Waals surface area contributed by atoms with Crippen LogP contribution >= 0.6 is 0 Å². The third kappa shape index (κ3) is 1.15. The molecule has 0 saturated carbocycles. The minimum atomic E-state index is -0.0139. The molecule has 2 amide bonds. The molecule has 1 aliphatic rings. The first-order valence-corrected chi connectivity index (χ1v) is 5.94. The zero-order chi connectivity index (χ0) is 7.02. The molecular formula is C5H6HgNO2. The van der Waals surface area contributed by atoms with Gasteiger partial charge in [0.25, 0.3) is 0 Å². The normalized spacial score (nSPS) is 27.9. The molecule has 0 spiro atoms. The molecular weight excluding hydrogens is 307 g/mol. The first-order chi connectivity index (χ1) is 4.13. The molecule has 1 fully saturated rings. The van der Waals surface area contributed by atoms with Crippen molar-refractivity contribution in [2.45, 2.75) is 9.85 Å². The number of amides is 2. The van der Waals surface area contributed by atoms with Crippen LogP contribution in [-0.4, -0.2) is 23.8 Å². The first-order valence-electron chi connectivity index (χ1n) is 2.76. The third-order valence-corrected chi connectivity index (χ3v) is 3.95. The van der Waals surface area contributed by atoms with Crippen molar-refractivity contribution < 1.29 is 35.7 Å². The van der Waals surface area contributed by atoms with Crippen LogP contribution in [-0.2, 0) is 35.7 Å². The van der Waals surface area contributed by atoms with E-state index in [0.29, 0.717) is 32.5 Å². The Morgan fingerprint density at radius 1 is 1.67 bits per heavy atom. The summed E-state index contributed by atoms with van der Waals surface area (Å²) in [4.78, 5) is 22.8. The standard InChI is InChI=1S/C5H6NO2.Hg/c1-6-4(7)2-3-5(6)8;/h2H,3H2,1H3;. The predicted octanol–water partition coefficient (Wildman–Crippen LogP) is -0.290. The molecule has 0 aliphatic carbocycles. The molecule has 0 aromatic carbocycles. The fourth-order valence-electron chi connectivity index (χ4n) is 0.832.